The maximum Gasteiger partial charge on any atom is 0.387 e. The fourth-order valence-electron chi connectivity index (χ4n) is 1.70. The van der Waals surface area contributed by atoms with E-state index in [4.69, 9.17) is 4.74 Å². The van der Waals surface area contributed by atoms with Gasteiger partial charge in [0, 0.05) is 6.54 Å². The molecule has 116 valence electrons. The molecule has 0 spiro atoms. The number of Topliss-reactive ketones (excluding diaryl/α,β-unsaturated/α-hetero) is 1. The summed E-state index contributed by atoms with van der Waals surface area (Å²) in [4.78, 5) is 22.0. The first-order valence-electron chi connectivity index (χ1n) is 6.30. The van der Waals surface area contributed by atoms with E-state index in [0.717, 1.165) is 5.56 Å². The third kappa shape index (κ3) is 6.20. The normalized spacial score (nSPS) is 10.3. The van der Waals surface area contributed by atoms with Gasteiger partial charge in [0.2, 0.25) is 5.91 Å². The molecule has 0 unspecified atom stereocenters. The van der Waals surface area contributed by atoms with E-state index in [-0.39, 0.29) is 29.6 Å². The average molecular weight is 301 g/mol. The van der Waals surface area contributed by atoms with Gasteiger partial charge in [-0.15, -0.1) is 0 Å². The number of ketones is 1. The van der Waals surface area contributed by atoms with E-state index >= 15 is 0 Å². The highest BCUT2D eigenvalue weighted by molar-refractivity contribution is 5.96. The van der Waals surface area contributed by atoms with Crippen LogP contribution in [0.4, 0.5) is 8.78 Å². The first-order valence-corrected chi connectivity index (χ1v) is 6.30. The number of carbonyl (C=O) groups is 2. The number of nitrogens with one attached hydrogen (secondary N) is 1. The first kappa shape index (κ1) is 16.9. The Morgan fingerprint density at radius 3 is 2.57 bits per heavy atom. The fourth-order valence-corrected chi connectivity index (χ4v) is 1.70. The molecule has 21 heavy (non-hydrogen) atoms. The number of ether oxygens (including phenoxy) is 2. The molecule has 0 bridgehead atoms. The van der Waals surface area contributed by atoms with E-state index in [0.29, 0.717) is 13.0 Å². The summed E-state index contributed by atoms with van der Waals surface area (Å²) < 4.78 is 33.6. The highest BCUT2D eigenvalue weighted by Gasteiger charge is 2.11. The van der Waals surface area contributed by atoms with Crippen LogP contribution < -0.4 is 14.8 Å². The second-order valence-electron chi connectivity index (χ2n) is 4.34. The highest BCUT2D eigenvalue weighted by atomic mass is 19.3. The summed E-state index contributed by atoms with van der Waals surface area (Å²) in [6.07, 6.45) is 0.333. The summed E-state index contributed by atoms with van der Waals surface area (Å²) in [5.41, 5.74) is 0.789. The molecule has 1 amide bonds. The molecule has 0 saturated heterocycles. The predicted molar refractivity (Wildman–Crippen MR) is 71.6 cm³/mol. The number of alkyl halides is 2. The summed E-state index contributed by atoms with van der Waals surface area (Å²) in [6, 6.07) is 4.56. The summed E-state index contributed by atoms with van der Waals surface area (Å²) >= 11 is 0. The second-order valence-corrected chi connectivity index (χ2v) is 4.34. The zero-order valence-corrected chi connectivity index (χ0v) is 11.8. The van der Waals surface area contributed by atoms with Crippen molar-refractivity contribution < 1.29 is 27.8 Å². The zero-order chi connectivity index (χ0) is 15.8. The predicted octanol–water partition coefficient (Wildman–Crippen LogP) is 1.93. The van der Waals surface area contributed by atoms with Gasteiger partial charge in [0.05, 0.1) is 13.5 Å². The van der Waals surface area contributed by atoms with Crippen LogP contribution in [0.1, 0.15) is 18.9 Å². The largest absolute Gasteiger partial charge is 0.493 e. The van der Waals surface area contributed by atoms with Crippen LogP contribution in [0.5, 0.6) is 11.5 Å². The molecule has 0 aliphatic carbocycles. The minimum Gasteiger partial charge on any atom is -0.493 e. The molecule has 0 atom stereocenters. The van der Waals surface area contributed by atoms with Gasteiger partial charge >= 0.3 is 6.61 Å². The molecule has 0 saturated carbocycles. The van der Waals surface area contributed by atoms with Crippen molar-refractivity contribution in [1.29, 1.82) is 0 Å². The minimum absolute atomic E-state index is 0.0446. The van der Waals surface area contributed by atoms with Crippen LogP contribution in [-0.4, -0.2) is 32.0 Å². The monoisotopic (exact) mass is 301 g/mol. The number of halogens is 2. The Morgan fingerprint density at radius 1 is 1.29 bits per heavy atom. The standard InChI is InChI=1S/C14H17F2NO4/c1-9(18)7-13(19)17-6-5-10-3-4-11(21-14(15)16)12(8-10)20-2/h3-4,8,14H,5-7H2,1-2H3,(H,17,19). The molecule has 0 heterocycles. The van der Waals surface area contributed by atoms with Crippen molar-refractivity contribution in [2.24, 2.45) is 0 Å². The Labute approximate surface area is 121 Å². The van der Waals surface area contributed by atoms with Crippen LogP contribution in [0.25, 0.3) is 0 Å². The molecule has 0 radical (unpaired) electrons. The van der Waals surface area contributed by atoms with Gasteiger partial charge in [0.1, 0.15) is 5.78 Å². The third-order valence-electron chi connectivity index (χ3n) is 2.59. The molecule has 0 aliphatic heterocycles. The molecule has 1 aromatic rings. The maximum atomic E-state index is 12.2. The third-order valence-corrected chi connectivity index (χ3v) is 2.59. The van der Waals surface area contributed by atoms with Crippen molar-refractivity contribution in [3.63, 3.8) is 0 Å². The van der Waals surface area contributed by atoms with Crippen LogP contribution in [0.3, 0.4) is 0 Å². The van der Waals surface area contributed by atoms with Crippen LogP contribution in [-0.2, 0) is 16.0 Å². The lowest BCUT2D eigenvalue weighted by atomic mass is 10.1. The fraction of sp³-hybridized carbons (Fsp3) is 0.429. The quantitative estimate of drug-likeness (QED) is 0.745. The molecule has 7 heteroatoms. The van der Waals surface area contributed by atoms with Crippen molar-refractivity contribution >= 4 is 11.7 Å². The van der Waals surface area contributed by atoms with Crippen LogP contribution in [0, 0.1) is 0 Å². The summed E-state index contributed by atoms with van der Waals surface area (Å²) in [7, 11) is 1.35. The molecular weight excluding hydrogens is 284 g/mol. The van der Waals surface area contributed by atoms with Crippen molar-refractivity contribution in [2.45, 2.75) is 26.4 Å². The lowest BCUT2D eigenvalue weighted by molar-refractivity contribution is -0.127. The molecule has 1 N–H and O–H groups in total. The zero-order valence-electron chi connectivity index (χ0n) is 11.8. The molecule has 1 rings (SSSR count). The van der Waals surface area contributed by atoms with Gasteiger partial charge in [-0.1, -0.05) is 6.07 Å². The van der Waals surface area contributed by atoms with Crippen molar-refractivity contribution in [1.82, 2.24) is 5.32 Å². The summed E-state index contributed by atoms with van der Waals surface area (Å²) in [6.45, 7) is -1.24. The molecule has 0 fully saturated rings. The van der Waals surface area contributed by atoms with Gasteiger partial charge in [-0.05, 0) is 31.0 Å². The Bertz CT molecular complexity index is 506. The summed E-state index contributed by atoms with van der Waals surface area (Å²) in [5, 5.41) is 2.59. The van der Waals surface area contributed by atoms with E-state index in [1.165, 1.54) is 20.1 Å². The van der Waals surface area contributed by atoms with E-state index in [1.807, 2.05) is 0 Å². The number of methoxy groups -OCH3 is 1. The van der Waals surface area contributed by atoms with Gasteiger partial charge < -0.3 is 14.8 Å². The van der Waals surface area contributed by atoms with Crippen LogP contribution in [0.15, 0.2) is 18.2 Å². The Kier molecular flexibility index (Phi) is 6.58. The SMILES string of the molecule is COc1cc(CCNC(=O)CC(C)=O)ccc1OC(F)F. The van der Waals surface area contributed by atoms with Crippen molar-refractivity contribution in [3.8, 4) is 11.5 Å². The average Bonchev–Trinajstić information content (AvgIpc) is 2.38. The Morgan fingerprint density at radius 2 is 2.00 bits per heavy atom. The van der Waals surface area contributed by atoms with Gasteiger partial charge in [-0.25, -0.2) is 0 Å². The number of amides is 1. The lowest BCUT2D eigenvalue weighted by Gasteiger charge is -2.11. The molecule has 0 aliphatic rings. The van der Waals surface area contributed by atoms with Crippen molar-refractivity contribution in [2.75, 3.05) is 13.7 Å². The minimum atomic E-state index is -2.92. The van der Waals surface area contributed by atoms with Crippen LogP contribution >= 0.6 is 0 Å². The number of benzene rings is 1. The van der Waals surface area contributed by atoms with Gasteiger partial charge in [-0.2, -0.15) is 8.78 Å². The molecule has 5 nitrogen and oxygen atoms in total. The number of hydrogen-bond donors (Lipinski definition) is 1. The van der Waals surface area contributed by atoms with E-state index in [9.17, 15) is 18.4 Å². The molecule has 1 aromatic carbocycles. The second kappa shape index (κ2) is 8.18. The smallest absolute Gasteiger partial charge is 0.387 e. The molecular formula is C14H17F2NO4. The Balaban J connectivity index is 2.56. The number of rotatable bonds is 8. The molecule has 0 aromatic heterocycles. The van der Waals surface area contributed by atoms with Crippen LogP contribution in [0.2, 0.25) is 0 Å². The highest BCUT2D eigenvalue weighted by Crippen LogP contribution is 2.29. The van der Waals surface area contributed by atoms with Gasteiger partial charge in [0.15, 0.2) is 11.5 Å². The number of hydrogen-bond acceptors (Lipinski definition) is 4. The van der Waals surface area contributed by atoms with Crippen molar-refractivity contribution in [3.05, 3.63) is 23.8 Å². The topological polar surface area (TPSA) is 64.6 Å². The van der Waals surface area contributed by atoms with Gasteiger partial charge in [-0.3, -0.25) is 9.59 Å². The Hall–Kier alpha value is -2.18. The first-order chi connectivity index (χ1) is 9.92. The maximum absolute atomic E-state index is 12.2. The van der Waals surface area contributed by atoms with Gasteiger partial charge in [0.25, 0.3) is 0 Å². The van der Waals surface area contributed by atoms with E-state index in [1.54, 1.807) is 12.1 Å². The number of carbonyl (C=O) groups excluding carboxylic acids is 2. The van der Waals surface area contributed by atoms with E-state index < -0.39 is 6.61 Å². The lowest BCUT2D eigenvalue weighted by Crippen LogP contribution is -2.27. The van der Waals surface area contributed by atoms with E-state index in [2.05, 4.69) is 10.1 Å². The summed E-state index contributed by atoms with van der Waals surface area (Å²) in [5.74, 6) is -0.394.